The topological polar surface area (TPSA) is 42.4 Å². The Morgan fingerprint density at radius 3 is 2.53 bits per heavy atom. The molecule has 19 heavy (non-hydrogen) atoms. The number of benzene rings is 1. The van der Waals surface area contributed by atoms with Gasteiger partial charge in [-0.3, -0.25) is 4.90 Å². The van der Waals surface area contributed by atoms with Gasteiger partial charge in [0.25, 0.3) is 0 Å². The average Bonchev–Trinajstić information content (AvgIpc) is 2.77. The largest absolute Gasteiger partial charge is 0.469 e. The molecule has 0 aliphatic rings. The van der Waals surface area contributed by atoms with E-state index in [0.717, 1.165) is 28.9 Å². The van der Waals surface area contributed by atoms with E-state index in [0.29, 0.717) is 6.54 Å². The normalized spacial score (nSPS) is 11.2. The highest BCUT2D eigenvalue weighted by atomic mass is 79.9. The van der Waals surface area contributed by atoms with Crippen LogP contribution in [0.15, 0.2) is 39.4 Å². The maximum Gasteiger partial charge on any atom is 0.105 e. The zero-order valence-electron chi connectivity index (χ0n) is 11.3. The summed E-state index contributed by atoms with van der Waals surface area (Å²) >= 11 is 3.61. The predicted octanol–water partition coefficient (Wildman–Crippen LogP) is 3.44. The summed E-state index contributed by atoms with van der Waals surface area (Å²) in [7, 11) is 2.11. The Kier molecular flexibility index (Phi) is 4.80. The van der Waals surface area contributed by atoms with Crippen molar-refractivity contribution in [3.8, 4) is 0 Å². The number of hydrogen-bond donors (Lipinski definition) is 1. The fourth-order valence-corrected chi connectivity index (χ4v) is 2.61. The van der Waals surface area contributed by atoms with Crippen molar-refractivity contribution >= 4 is 15.9 Å². The average molecular weight is 323 g/mol. The van der Waals surface area contributed by atoms with E-state index in [4.69, 9.17) is 10.2 Å². The molecule has 1 aromatic carbocycles. The first-order valence-electron chi connectivity index (χ1n) is 6.29. The first-order chi connectivity index (χ1) is 9.10. The molecule has 0 aliphatic heterocycles. The zero-order valence-corrected chi connectivity index (χ0v) is 12.9. The lowest BCUT2D eigenvalue weighted by Crippen LogP contribution is -2.17. The Hall–Kier alpha value is -1.10. The Morgan fingerprint density at radius 2 is 1.95 bits per heavy atom. The predicted molar refractivity (Wildman–Crippen MR) is 80.6 cm³/mol. The summed E-state index contributed by atoms with van der Waals surface area (Å²) in [5, 5.41) is 0. The molecule has 0 aliphatic carbocycles. The van der Waals surface area contributed by atoms with Crippen LogP contribution in [0.2, 0.25) is 0 Å². The molecule has 0 spiro atoms. The summed E-state index contributed by atoms with van der Waals surface area (Å²) in [5.41, 5.74) is 9.28. The lowest BCUT2D eigenvalue weighted by molar-refractivity contribution is 0.316. The van der Waals surface area contributed by atoms with Gasteiger partial charge < -0.3 is 10.2 Å². The van der Waals surface area contributed by atoms with Crippen molar-refractivity contribution in [3.05, 3.63) is 57.5 Å². The second-order valence-corrected chi connectivity index (χ2v) is 5.66. The molecule has 2 rings (SSSR count). The molecule has 0 bridgehead atoms. The maximum atomic E-state index is 5.64. The van der Waals surface area contributed by atoms with Gasteiger partial charge in [0.05, 0.1) is 6.26 Å². The summed E-state index contributed by atoms with van der Waals surface area (Å²) in [6.07, 6.45) is 1.74. The van der Waals surface area contributed by atoms with E-state index >= 15 is 0 Å². The quantitative estimate of drug-likeness (QED) is 0.916. The molecule has 2 N–H and O–H groups in total. The van der Waals surface area contributed by atoms with Crippen molar-refractivity contribution in [2.24, 2.45) is 5.73 Å². The van der Waals surface area contributed by atoms with Crippen LogP contribution in [-0.2, 0) is 19.6 Å². The molecule has 3 nitrogen and oxygen atoms in total. The van der Waals surface area contributed by atoms with Gasteiger partial charge in [0.2, 0.25) is 0 Å². The smallest absolute Gasteiger partial charge is 0.105 e. The van der Waals surface area contributed by atoms with Crippen molar-refractivity contribution in [1.82, 2.24) is 4.90 Å². The SMILES string of the molecule is Cc1occc1CN(C)Cc1ccc(CN)cc1Br. The number of rotatable bonds is 5. The summed E-state index contributed by atoms with van der Waals surface area (Å²) < 4.78 is 6.44. The van der Waals surface area contributed by atoms with Crippen LogP contribution in [0.4, 0.5) is 0 Å². The van der Waals surface area contributed by atoms with E-state index in [-0.39, 0.29) is 0 Å². The summed E-state index contributed by atoms with van der Waals surface area (Å²) in [4.78, 5) is 2.26. The molecular weight excluding hydrogens is 304 g/mol. The molecule has 1 aromatic heterocycles. The first-order valence-corrected chi connectivity index (χ1v) is 7.08. The first kappa shape index (κ1) is 14.3. The highest BCUT2D eigenvalue weighted by Crippen LogP contribution is 2.21. The highest BCUT2D eigenvalue weighted by Gasteiger charge is 2.08. The third-order valence-corrected chi connectivity index (χ3v) is 3.94. The molecule has 4 heteroatoms. The monoisotopic (exact) mass is 322 g/mol. The Balaban J connectivity index is 2.03. The number of nitrogens with zero attached hydrogens (tertiary/aromatic N) is 1. The van der Waals surface area contributed by atoms with Crippen molar-refractivity contribution in [1.29, 1.82) is 0 Å². The van der Waals surface area contributed by atoms with Gasteiger partial charge >= 0.3 is 0 Å². The van der Waals surface area contributed by atoms with E-state index in [1.807, 2.05) is 13.0 Å². The van der Waals surface area contributed by atoms with Crippen LogP contribution in [0.5, 0.6) is 0 Å². The molecule has 0 fully saturated rings. The Morgan fingerprint density at radius 1 is 1.21 bits per heavy atom. The van der Waals surface area contributed by atoms with Crippen LogP contribution in [0.3, 0.4) is 0 Å². The van der Waals surface area contributed by atoms with Crippen LogP contribution >= 0.6 is 15.9 Å². The summed E-state index contributed by atoms with van der Waals surface area (Å²) in [5.74, 6) is 0.990. The minimum Gasteiger partial charge on any atom is -0.469 e. The summed E-state index contributed by atoms with van der Waals surface area (Å²) in [6.45, 7) is 4.33. The van der Waals surface area contributed by atoms with Crippen LogP contribution < -0.4 is 5.73 Å². The fourth-order valence-electron chi connectivity index (χ4n) is 2.06. The van der Waals surface area contributed by atoms with E-state index in [1.165, 1.54) is 11.1 Å². The molecule has 2 aromatic rings. The van der Waals surface area contributed by atoms with Crippen LogP contribution in [0, 0.1) is 6.92 Å². The second-order valence-electron chi connectivity index (χ2n) is 4.80. The number of nitrogens with two attached hydrogens (primary N) is 1. The lowest BCUT2D eigenvalue weighted by atomic mass is 10.1. The maximum absolute atomic E-state index is 5.64. The van der Waals surface area contributed by atoms with Gasteiger partial charge in [-0.15, -0.1) is 0 Å². The third kappa shape index (κ3) is 3.69. The van der Waals surface area contributed by atoms with Gasteiger partial charge in [0.15, 0.2) is 0 Å². The number of furan rings is 1. The second kappa shape index (κ2) is 6.37. The third-order valence-electron chi connectivity index (χ3n) is 3.20. The molecule has 0 saturated carbocycles. The van der Waals surface area contributed by atoms with Gasteiger partial charge in [-0.25, -0.2) is 0 Å². The molecule has 1 heterocycles. The fraction of sp³-hybridized carbons (Fsp3) is 0.333. The van der Waals surface area contributed by atoms with Crippen LogP contribution in [0.25, 0.3) is 0 Å². The molecule has 0 amide bonds. The Labute approximate surface area is 122 Å². The van der Waals surface area contributed by atoms with Crippen molar-refractivity contribution < 1.29 is 4.42 Å². The van der Waals surface area contributed by atoms with Gasteiger partial charge in [-0.2, -0.15) is 0 Å². The van der Waals surface area contributed by atoms with E-state index in [9.17, 15) is 0 Å². The molecule has 0 unspecified atom stereocenters. The minimum absolute atomic E-state index is 0.572. The van der Waals surface area contributed by atoms with Gasteiger partial charge in [-0.05, 0) is 37.2 Å². The lowest BCUT2D eigenvalue weighted by Gasteiger charge is -2.17. The van der Waals surface area contributed by atoms with Crippen LogP contribution in [0.1, 0.15) is 22.5 Å². The molecule has 102 valence electrons. The number of hydrogen-bond acceptors (Lipinski definition) is 3. The summed E-state index contributed by atoms with van der Waals surface area (Å²) in [6, 6.07) is 8.33. The molecule has 0 radical (unpaired) electrons. The van der Waals surface area contributed by atoms with Gasteiger partial charge in [0.1, 0.15) is 5.76 Å². The molecule has 0 saturated heterocycles. The molecule has 0 atom stereocenters. The number of aryl methyl sites for hydroxylation is 1. The van der Waals surface area contributed by atoms with Gasteiger partial charge in [-0.1, -0.05) is 28.1 Å². The minimum atomic E-state index is 0.572. The van der Waals surface area contributed by atoms with Crippen LogP contribution in [-0.4, -0.2) is 11.9 Å². The standard InChI is InChI=1S/C15H19BrN2O/c1-11-13(5-6-19-11)9-18(2)10-14-4-3-12(8-17)7-15(14)16/h3-7H,8-10,17H2,1-2H3. The Bertz CT molecular complexity index is 551. The number of halogens is 1. The van der Waals surface area contributed by atoms with E-state index in [2.05, 4.69) is 46.1 Å². The molecular formula is C15H19BrN2O. The van der Waals surface area contributed by atoms with Crippen molar-refractivity contribution in [2.75, 3.05) is 7.05 Å². The highest BCUT2D eigenvalue weighted by molar-refractivity contribution is 9.10. The van der Waals surface area contributed by atoms with Crippen molar-refractivity contribution in [3.63, 3.8) is 0 Å². The zero-order chi connectivity index (χ0) is 13.8. The van der Waals surface area contributed by atoms with E-state index < -0.39 is 0 Å². The van der Waals surface area contributed by atoms with E-state index in [1.54, 1.807) is 6.26 Å². The van der Waals surface area contributed by atoms with Gasteiger partial charge in [0, 0.05) is 29.7 Å². The van der Waals surface area contributed by atoms with Crippen molar-refractivity contribution in [2.45, 2.75) is 26.6 Å².